The number of aromatic nitrogens is 2. The van der Waals surface area contributed by atoms with Gasteiger partial charge in [0.2, 0.25) is 0 Å². The second-order valence-corrected chi connectivity index (χ2v) is 8.14. The normalized spacial score (nSPS) is 20.2. The highest BCUT2D eigenvalue weighted by molar-refractivity contribution is 5.97. The molecule has 3 rings (SSSR count). The van der Waals surface area contributed by atoms with Gasteiger partial charge in [0.15, 0.2) is 5.78 Å². The van der Waals surface area contributed by atoms with Crippen LogP contribution in [-0.4, -0.2) is 28.2 Å². The summed E-state index contributed by atoms with van der Waals surface area (Å²) in [6.45, 7) is 7.76. The van der Waals surface area contributed by atoms with Crippen LogP contribution in [0.3, 0.4) is 0 Å². The van der Waals surface area contributed by atoms with Crippen molar-refractivity contribution in [2.75, 3.05) is 6.54 Å². The fourth-order valence-corrected chi connectivity index (χ4v) is 3.02. The van der Waals surface area contributed by atoms with E-state index in [1.165, 1.54) is 5.56 Å². The Bertz CT molecular complexity index is 726. The Kier molecular flexibility index (Phi) is 4.59. The second kappa shape index (κ2) is 6.52. The summed E-state index contributed by atoms with van der Waals surface area (Å²) in [5, 5.41) is 7.77. The highest BCUT2D eigenvalue weighted by atomic mass is 16.1. The summed E-state index contributed by atoms with van der Waals surface area (Å²) in [4.78, 5) is 12.5. The van der Waals surface area contributed by atoms with E-state index in [-0.39, 0.29) is 5.78 Å². The van der Waals surface area contributed by atoms with Crippen molar-refractivity contribution < 1.29 is 4.79 Å². The summed E-state index contributed by atoms with van der Waals surface area (Å²) in [6.07, 6.45) is 5.23. The van der Waals surface area contributed by atoms with E-state index in [0.29, 0.717) is 23.8 Å². The van der Waals surface area contributed by atoms with Crippen molar-refractivity contribution in [2.24, 2.45) is 12.5 Å². The number of rotatable bonds is 6. The Morgan fingerprint density at radius 1 is 1.38 bits per heavy atom. The largest absolute Gasteiger partial charge is 0.313 e. The van der Waals surface area contributed by atoms with Gasteiger partial charge < -0.3 is 5.32 Å². The quantitative estimate of drug-likeness (QED) is 0.829. The molecule has 24 heavy (non-hydrogen) atoms. The fraction of sp³-hybridized carbons (Fsp3) is 0.500. The lowest BCUT2D eigenvalue weighted by Gasteiger charge is -2.18. The third kappa shape index (κ3) is 4.32. The van der Waals surface area contributed by atoms with Crippen LogP contribution < -0.4 is 5.32 Å². The van der Waals surface area contributed by atoms with Crippen LogP contribution in [0, 0.1) is 5.41 Å². The lowest BCUT2D eigenvalue weighted by Crippen LogP contribution is -2.29. The molecule has 2 atom stereocenters. The SMILES string of the molecule is Cn1cc(CC(=O)c2cccc(C3CC3NCC(C)(C)C)c2)cn1. The number of nitrogens with one attached hydrogen (secondary N) is 1. The first kappa shape index (κ1) is 16.9. The number of benzene rings is 1. The van der Waals surface area contributed by atoms with Crippen LogP contribution in [0.25, 0.3) is 0 Å². The molecule has 4 nitrogen and oxygen atoms in total. The minimum atomic E-state index is 0.157. The van der Waals surface area contributed by atoms with Crippen LogP contribution in [0.1, 0.15) is 54.6 Å². The van der Waals surface area contributed by atoms with E-state index in [9.17, 15) is 4.79 Å². The predicted octanol–water partition coefficient (Wildman–Crippen LogP) is 3.34. The van der Waals surface area contributed by atoms with Gasteiger partial charge in [0.05, 0.1) is 6.20 Å². The molecular weight excluding hydrogens is 298 g/mol. The van der Waals surface area contributed by atoms with Gasteiger partial charge in [0.1, 0.15) is 0 Å². The predicted molar refractivity (Wildman–Crippen MR) is 96.3 cm³/mol. The van der Waals surface area contributed by atoms with Crippen molar-refractivity contribution >= 4 is 5.78 Å². The Hall–Kier alpha value is -1.94. The minimum Gasteiger partial charge on any atom is -0.313 e. The molecule has 1 saturated carbocycles. The van der Waals surface area contributed by atoms with Crippen LogP contribution >= 0.6 is 0 Å². The number of aryl methyl sites for hydroxylation is 1. The molecule has 1 aliphatic rings. The van der Waals surface area contributed by atoms with Crippen molar-refractivity contribution in [3.05, 3.63) is 53.3 Å². The molecule has 1 heterocycles. The average molecular weight is 325 g/mol. The first-order valence-electron chi connectivity index (χ1n) is 8.66. The van der Waals surface area contributed by atoms with Gasteiger partial charge in [-0.05, 0) is 29.0 Å². The standard InChI is InChI=1S/C20H27N3O/c1-20(2,3)13-21-18-10-17(18)15-6-5-7-16(9-15)19(24)8-14-11-22-23(4)12-14/h5-7,9,11-12,17-18,21H,8,10,13H2,1-4H3. The second-order valence-electron chi connectivity index (χ2n) is 8.14. The molecule has 0 saturated heterocycles. The number of ketones is 1. The van der Waals surface area contributed by atoms with E-state index >= 15 is 0 Å². The third-order valence-electron chi connectivity index (χ3n) is 4.44. The zero-order chi connectivity index (χ0) is 17.3. The van der Waals surface area contributed by atoms with E-state index in [4.69, 9.17) is 0 Å². The van der Waals surface area contributed by atoms with Gasteiger partial charge in [-0.2, -0.15) is 5.10 Å². The highest BCUT2D eigenvalue weighted by Gasteiger charge is 2.38. The molecule has 1 N–H and O–H groups in total. The van der Waals surface area contributed by atoms with Gasteiger partial charge >= 0.3 is 0 Å². The fourth-order valence-electron chi connectivity index (χ4n) is 3.02. The van der Waals surface area contributed by atoms with Crippen LogP contribution in [0.4, 0.5) is 0 Å². The van der Waals surface area contributed by atoms with Gasteiger partial charge in [-0.15, -0.1) is 0 Å². The average Bonchev–Trinajstić information content (AvgIpc) is 3.20. The number of carbonyl (C=O) groups is 1. The van der Waals surface area contributed by atoms with Crippen LogP contribution in [0.2, 0.25) is 0 Å². The van der Waals surface area contributed by atoms with Crippen LogP contribution in [-0.2, 0) is 13.5 Å². The van der Waals surface area contributed by atoms with Crippen molar-refractivity contribution in [2.45, 2.75) is 45.6 Å². The Morgan fingerprint density at radius 3 is 2.83 bits per heavy atom. The highest BCUT2D eigenvalue weighted by Crippen LogP contribution is 2.41. The smallest absolute Gasteiger partial charge is 0.167 e. The maximum absolute atomic E-state index is 12.5. The first-order valence-corrected chi connectivity index (χ1v) is 8.66. The van der Waals surface area contributed by atoms with Crippen molar-refractivity contribution in [1.82, 2.24) is 15.1 Å². The van der Waals surface area contributed by atoms with E-state index in [0.717, 1.165) is 24.1 Å². The van der Waals surface area contributed by atoms with Crippen LogP contribution in [0.5, 0.6) is 0 Å². The summed E-state index contributed by atoms with van der Waals surface area (Å²) in [7, 11) is 1.87. The van der Waals surface area contributed by atoms with E-state index < -0.39 is 0 Å². The maximum atomic E-state index is 12.5. The topological polar surface area (TPSA) is 46.9 Å². The van der Waals surface area contributed by atoms with Crippen LogP contribution in [0.15, 0.2) is 36.7 Å². The zero-order valence-corrected chi connectivity index (χ0v) is 15.0. The van der Waals surface area contributed by atoms with Gasteiger partial charge in [-0.3, -0.25) is 9.48 Å². The lowest BCUT2D eigenvalue weighted by atomic mass is 9.97. The molecule has 1 aromatic heterocycles. The Labute approximate surface area is 144 Å². The molecule has 0 aliphatic heterocycles. The number of hydrogen-bond donors (Lipinski definition) is 1. The first-order chi connectivity index (χ1) is 11.3. The summed E-state index contributed by atoms with van der Waals surface area (Å²) < 4.78 is 1.73. The summed E-state index contributed by atoms with van der Waals surface area (Å²) in [5.74, 6) is 0.697. The molecule has 2 unspecified atom stereocenters. The summed E-state index contributed by atoms with van der Waals surface area (Å²) in [6, 6.07) is 8.69. The molecule has 1 aliphatic carbocycles. The van der Waals surface area contributed by atoms with Gasteiger partial charge in [-0.25, -0.2) is 0 Å². The minimum absolute atomic E-state index is 0.157. The molecule has 2 aromatic rings. The number of hydrogen-bond acceptors (Lipinski definition) is 3. The Morgan fingerprint density at radius 2 is 2.17 bits per heavy atom. The number of Topliss-reactive ketones (excluding diaryl/α,β-unsaturated/α-hetero) is 1. The van der Waals surface area contributed by atoms with Crippen molar-refractivity contribution in [3.8, 4) is 0 Å². The van der Waals surface area contributed by atoms with Gasteiger partial charge in [0.25, 0.3) is 0 Å². The molecule has 128 valence electrons. The maximum Gasteiger partial charge on any atom is 0.167 e. The molecule has 0 bridgehead atoms. The summed E-state index contributed by atoms with van der Waals surface area (Å²) in [5.41, 5.74) is 3.34. The van der Waals surface area contributed by atoms with Crippen molar-refractivity contribution in [3.63, 3.8) is 0 Å². The molecule has 1 fully saturated rings. The number of nitrogens with zero attached hydrogens (tertiary/aromatic N) is 2. The Balaban J connectivity index is 1.61. The molecular formula is C20H27N3O. The van der Waals surface area contributed by atoms with Gasteiger partial charge in [0, 0.05) is 43.7 Å². The lowest BCUT2D eigenvalue weighted by molar-refractivity contribution is 0.0993. The molecule has 1 aromatic carbocycles. The molecule has 4 heteroatoms. The molecule has 0 spiro atoms. The van der Waals surface area contributed by atoms with Crippen molar-refractivity contribution in [1.29, 1.82) is 0 Å². The number of carbonyl (C=O) groups excluding carboxylic acids is 1. The molecule has 0 amide bonds. The van der Waals surface area contributed by atoms with E-state index in [2.05, 4.69) is 43.3 Å². The van der Waals surface area contributed by atoms with E-state index in [1.807, 2.05) is 25.4 Å². The van der Waals surface area contributed by atoms with Gasteiger partial charge in [-0.1, -0.05) is 39.0 Å². The van der Waals surface area contributed by atoms with E-state index in [1.54, 1.807) is 10.9 Å². The summed E-state index contributed by atoms with van der Waals surface area (Å²) >= 11 is 0. The molecule has 0 radical (unpaired) electrons. The third-order valence-corrected chi connectivity index (χ3v) is 4.44. The zero-order valence-electron chi connectivity index (χ0n) is 15.0. The monoisotopic (exact) mass is 325 g/mol.